The number of benzene rings is 1. The van der Waals surface area contributed by atoms with Crippen LogP contribution in [0.2, 0.25) is 0 Å². The highest BCUT2D eigenvalue weighted by Gasteiger charge is 2.05. The van der Waals surface area contributed by atoms with E-state index >= 15 is 0 Å². The molecular formula is C12H16N4O. The van der Waals surface area contributed by atoms with Crippen LogP contribution < -0.4 is 10.5 Å². The lowest BCUT2D eigenvalue weighted by Gasteiger charge is -2.09. The molecule has 0 unspecified atom stereocenters. The number of hydrogen-bond donors (Lipinski definition) is 1. The van der Waals surface area contributed by atoms with E-state index in [4.69, 9.17) is 10.5 Å². The second-order valence-electron chi connectivity index (χ2n) is 3.89. The summed E-state index contributed by atoms with van der Waals surface area (Å²) in [4.78, 5) is 3.99. The standard InChI is InChI=1S/C12H16N4O/c1-3-11(13)9-4-6-10(7-5-9)17-12-14-8-16(2)15-12/h4-8,11H,3,13H2,1-2H3/t11-/m1/s1. The number of ether oxygens (including phenoxy) is 1. The van der Waals surface area contributed by atoms with Crippen LogP contribution in [0, 0.1) is 0 Å². The first-order chi connectivity index (χ1) is 8.19. The zero-order chi connectivity index (χ0) is 12.3. The van der Waals surface area contributed by atoms with E-state index in [2.05, 4.69) is 17.0 Å². The molecule has 0 saturated carbocycles. The third-order valence-electron chi connectivity index (χ3n) is 2.54. The molecule has 1 heterocycles. The van der Waals surface area contributed by atoms with Crippen LogP contribution in [0.3, 0.4) is 0 Å². The first-order valence-corrected chi connectivity index (χ1v) is 5.58. The lowest BCUT2D eigenvalue weighted by atomic mass is 10.1. The third-order valence-corrected chi connectivity index (χ3v) is 2.54. The number of nitrogens with two attached hydrogens (primary N) is 1. The Bertz CT molecular complexity index is 478. The van der Waals surface area contributed by atoms with Crippen LogP contribution in [-0.2, 0) is 7.05 Å². The van der Waals surface area contributed by atoms with E-state index in [1.165, 1.54) is 0 Å². The quantitative estimate of drug-likeness (QED) is 0.875. The lowest BCUT2D eigenvalue weighted by Crippen LogP contribution is -2.08. The van der Waals surface area contributed by atoms with E-state index in [-0.39, 0.29) is 6.04 Å². The average Bonchev–Trinajstić information content (AvgIpc) is 2.75. The summed E-state index contributed by atoms with van der Waals surface area (Å²) in [5.74, 6) is 0.711. The molecule has 0 aliphatic rings. The van der Waals surface area contributed by atoms with Crippen molar-refractivity contribution < 1.29 is 4.74 Å². The Morgan fingerprint density at radius 2 is 2.06 bits per heavy atom. The van der Waals surface area contributed by atoms with Gasteiger partial charge in [0.2, 0.25) is 0 Å². The molecule has 2 aromatic rings. The zero-order valence-electron chi connectivity index (χ0n) is 10.00. The molecule has 17 heavy (non-hydrogen) atoms. The fourth-order valence-corrected chi connectivity index (χ4v) is 1.49. The summed E-state index contributed by atoms with van der Waals surface area (Å²) in [5, 5.41) is 4.04. The number of rotatable bonds is 4. The summed E-state index contributed by atoms with van der Waals surface area (Å²) < 4.78 is 7.08. The molecular weight excluding hydrogens is 216 g/mol. The summed E-state index contributed by atoms with van der Waals surface area (Å²) in [6, 6.07) is 8.11. The number of hydrogen-bond acceptors (Lipinski definition) is 4. The van der Waals surface area contributed by atoms with Gasteiger partial charge in [-0.3, -0.25) is 4.68 Å². The Labute approximate surface area is 100 Å². The van der Waals surface area contributed by atoms with Gasteiger partial charge in [-0.25, -0.2) is 0 Å². The fraction of sp³-hybridized carbons (Fsp3) is 0.333. The first kappa shape index (κ1) is 11.6. The Morgan fingerprint density at radius 3 is 2.59 bits per heavy atom. The maximum absolute atomic E-state index is 5.93. The molecule has 0 saturated heterocycles. The van der Waals surface area contributed by atoms with Crippen molar-refractivity contribution in [3.8, 4) is 11.8 Å². The molecule has 0 spiro atoms. The van der Waals surface area contributed by atoms with Crippen LogP contribution >= 0.6 is 0 Å². The summed E-state index contributed by atoms with van der Waals surface area (Å²) in [6.45, 7) is 2.06. The minimum Gasteiger partial charge on any atom is -0.423 e. The molecule has 1 aromatic carbocycles. The van der Waals surface area contributed by atoms with Gasteiger partial charge in [-0.05, 0) is 24.1 Å². The van der Waals surface area contributed by atoms with Gasteiger partial charge in [-0.1, -0.05) is 19.1 Å². The van der Waals surface area contributed by atoms with Crippen molar-refractivity contribution >= 4 is 0 Å². The predicted octanol–water partition coefficient (Wildman–Crippen LogP) is 2.02. The number of aromatic nitrogens is 3. The molecule has 0 bridgehead atoms. The summed E-state index contributed by atoms with van der Waals surface area (Å²) >= 11 is 0. The fourth-order valence-electron chi connectivity index (χ4n) is 1.49. The molecule has 2 rings (SSSR count). The monoisotopic (exact) mass is 232 g/mol. The van der Waals surface area contributed by atoms with Crippen molar-refractivity contribution in [2.24, 2.45) is 12.8 Å². The van der Waals surface area contributed by atoms with E-state index in [0.717, 1.165) is 12.0 Å². The molecule has 0 aliphatic heterocycles. The summed E-state index contributed by atoms with van der Waals surface area (Å²) in [5.41, 5.74) is 7.04. The largest absolute Gasteiger partial charge is 0.423 e. The molecule has 2 N–H and O–H groups in total. The van der Waals surface area contributed by atoms with Gasteiger partial charge in [0, 0.05) is 13.1 Å². The topological polar surface area (TPSA) is 66.0 Å². The third kappa shape index (κ3) is 2.82. The van der Waals surface area contributed by atoms with Gasteiger partial charge in [-0.2, -0.15) is 4.98 Å². The molecule has 0 radical (unpaired) electrons. The van der Waals surface area contributed by atoms with Crippen LogP contribution in [0.1, 0.15) is 24.9 Å². The Kier molecular flexibility index (Phi) is 3.39. The van der Waals surface area contributed by atoms with Crippen LogP contribution in [0.25, 0.3) is 0 Å². The van der Waals surface area contributed by atoms with Crippen LogP contribution in [-0.4, -0.2) is 14.8 Å². The Balaban J connectivity index is 2.08. The highest BCUT2D eigenvalue weighted by Crippen LogP contribution is 2.21. The van der Waals surface area contributed by atoms with E-state index in [9.17, 15) is 0 Å². The highest BCUT2D eigenvalue weighted by molar-refractivity contribution is 5.30. The summed E-state index contributed by atoms with van der Waals surface area (Å²) in [7, 11) is 1.79. The minimum absolute atomic E-state index is 0.0806. The first-order valence-electron chi connectivity index (χ1n) is 5.58. The molecule has 1 atom stereocenters. The Morgan fingerprint density at radius 1 is 1.35 bits per heavy atom. The number of aryl methyl sites for hydroxylation is 1. The van der Waals surface area contributed by atoms with E-state index in [0.29, 0.717) is 11.8 Å². The SMILES string of the molecule is CC[C@@H](N)c1ccc(Oc2ncn(C)n2)cc1. The highest BCUT2D eigenvalue weighted by atomic mass is 16.5. The van der Waals surface area contributed by atoms with E-state index in [1.54, 1.807) is 18.1 Å². The van der Waals surface area contributed by atoms with Crippen molar-refractivity contribution in [2.45, 2.75) is 19.4 Å². The van der Waals surface area contributed by atoms with Crippen molar-refractivity contribution in [1.82, 2.24) is 14.8 Å². The van der Waals surface area contributed by atoms with Crippen molar-refractivity contribution in [2.75, 3.05) is 0 Å². The minimum atomic E-state index is 0.0806. The predicted molar refractivity (Wildman–Crippen MR) is 64.7 cm³/mol. The molecule has 5 nitrogen and oxygen atoms in total. The summed E-state index contributed by atoms with van der Waals surface area (Å²) in [6.07, 6.45) is 2.51. The van der Waals surface area contributed by atoms with Gasteiger partial charge in [0.05, 0.1) is 0 Å². The molecule has 0 fully saturated rings. The van der Waals surface area contributed by atoms with Crippen LogP contribution in [0.15, 0.2) is 30.6 Å². The Hall–Kier alpha value is -1.88. The molecule has 90 valence electrons. The van der Waals surface area contributed by atoms with Gasteiger partial charge in [0.15, 0.2) is 0 Å². The van der Waals surface area contributed by atoms with Gasteiger partial charge < -0.3 is 10.5 Å². The smallest absolute Gasteiger partial charge is 0.340 e. The lowest BCUT2D eigenvalue weighted by molar-refractivity contribution is 0.438. The maximum Gasteiger partial charge on any atom is 0.340 e. The molecule has 5 heteroatoms. The second kappa shape index (κ2) is 4.97. The second-order valence-corrected chi connectivity index (χ2v) is 3.89. The van der Waals surface area contributed by atoms with E-state index in [1.807, 2.05) is 24.3 Å². The zero-order valence-corrected chi connectivity index (χ0v) is 10.00. The number of nitrogens with zero attached hydrogens (tertiary/aromatic N) is 3. The van der Waals surface area contributed by atoms with Gasteiger partial charge >= 0.3 is 6.01 Å². The molecule has 1 aromatic heterocycles. The van der Waals surface area contributed by atoms with Crippen molar-refractivity contribution in [1.29, 1.82) is 0 Å². The molecule has 0 aliphatic carbocycles. The van der Waals surface area contributed by atoms with Crippen LogP contribution in [0.5, 0.6) is 11.8 Å². The van der Waals surface area contributed by atoms with Crippen LogP contribution in [0.4, 0.5) is 0 Å². The van der Waals surface area contributed by atoms with Gasteiger partial charge in [0.1, 0.15) is 12.1 Å². The molecule has 0 amide bonds. The normalized spacial score (nSPS) is 12.4. The van der Waals surface area contributed by atoms with E-state index < -0.39 is 0 Å². The van der Waals surface area contributed by atoms with Crippen molar-refractivity contribution in [3.63, 3.8) is 0 Å². The maximum atomic E-state index is 5.93. The van der Waals surface area contributed by atoms with Gasteiger partial charge in [-0.15, -0.1) is 5.10 Å². The van der Waals surface area contributed by atoms with Gasteiger partial charge in [0.25, 0.3) is 0 Å². The van der Waals surface area contributed by atoms with Crippen molar-refractivity contribution in [3.05, 3.63) is 36.2 Å². The average molecular weight is 232 g/mol.